The highest BCUT2D eigenvalue weighted by molar-refractivity contribution is 7.89. The number of hydrogen-bond donors (Lipinski definition) is 2. The first-order valence-corrected chi connectivity index (χ1v) is 8.43. The molecule has 118 valence electrons. The lowest BCUT2D eigenvalue weighted by Crippen LogP contribution is -2.33. The molecule has 0 aliphatic rings. The second-order valence-electron chi connectivity index (χ2n) is 4.69. The lowest BCUT2D eigenvalue weighted by Gasteiger charge is -2.20. The highest BCUT2D eigenvalue weighted by Crippen LogP contribution is 2.20. The number of benzene rings is 1. The molecule has 6 heteroatoms. The van der Waals surface area contributed by atoms with Gasteiger partial charge in [0.15, 0.2) is 0 Å². The third-order valence-electron chi connectivity index (χ3n) is 3.25. The van der Waals surface area contributed by atoms with Crippen LogP contribution in [0.1, 0.15) is 18.1 Å². The van der Waals surface area contributed by atoms with Crippen LogP contribution in [0.3, 0.4) is 0 Å². The lowest BCUT2D eigenvalue weighted by atomic mass is 10.1. The largest absolute Gasteiger partial charge is 0.395 e. The number of rotatable bonds is 9. The molecule has 0 heterocycles. The molecule has 0 radical (unpaired) electrons. The van der Waals surface area contributed by atoms with Gasteiger partial charge < -0.3 is 10.4 Å². The zero-order chi connectivity index (χ0) is 15.9. The molecule has 0 unspecified atom stereocenters. The van der Waals surface area contributed by atoms with Gasteiger partial charge in [-0.2, -0.15) is 4.31 Å². The van der Waals surface area contributed by atoms with E-state index in [1.807, 2.05) is 20.0 Å². The van der Waals surface area contributed by atoms with Gasteiger partial charge in [0, 0.05) is 19.6 Å². The Balaban J connectivity index is 3.23. The van der Waals surface area contributed by atoms with Crippen LogP contribution in [0.2, 0.25) is 0 Å². The maximum absolute atomic E-state index is 12.6. The molecule has 1 rings (SSSR count). The van der Waals surface area contributed by atoms with E-state index < -0.39 is 10.0 Å². The molecule has 2 N–H and O–H groups in total. The minimum atomic E-state index is -3.62. The molecule has 1 aromatic carbocycles. The molecule has 21 heavy (non-hydrogen) atoms. The Hall–Kier alpha value is -1.21. The molecular formula is C15H24N2O3S. The van der Waals surface area contributed by atoms with E-state index in [1.165, 1.54) is 10.4 Å². The third-order valence-corrected chi connectivity index (χ3v) is 5.11. The first kappa shape index (κ1) is 17.8. The van der Waals surface area contributed by atoms with E-state index in [-0.39, 0.29) is 24.6 Å². The van der Waals surface area contributed by atoms with Crippen LogP contribution in [0.5, 0.6) is 0 Å². The van der Waals surface area contributed by atoms with Crippen molar-refractivity contribution in [3.63, 3.8) is 0 Å². The zero-order valence-electron chi connectivity index (χ0n) is 12.7. The Labute approximate surface area is 127 Å². The fourth-order valence-corrected chi connectivity index (χ4v) is 3.63. The van der Waals surface area contributed by atoms with Gasteiger partial charge in [-0.1, -0.05) is 19.1 Å². The fraction of sp³-hybridized carbons (Fsp3) is 0.467. The molecule has 0 aliphatic carbocycles. The van der Waals surface area contributed by atoms with Crippen LogP contribution in [0.15, 0.2) is 35.7 Å². The number of nitrogens with one attached hydrogen (secondary N) is 1. The smallest absolute Gasteiger partial charge is 0.243 e. The zero-order valence-corrected chi connectivity index (χ0v) is 13.5. The summed E-state index contributed by atoms with van der Waals surface area (Å²) in [5.41, 5.74) is 2.10. The van der Waals surface area contributed by atoms with Crippen LogP contribution >= 0.6 is 0 Å². The van der Waals surface area contributed by atoms with Gasteiger partial charge in [-0.3, -0.25) is 0 Å². The molecule has 0 aliphatic heterocycles. The number of aliphatic hydroxyl groups excluding tert-OH is 1. The number of nitrogens with zero attached hydrogens (tertiary/aromatic N) is 1. The Bertz CT molecular complexity index is 570. The SMILES string of the molecule is C=CCN(CCO)S(=O)(=O)c1ccc(CC)c(CNC)c1. The summed E-state index contributed by atoms with van der Waals surface area (Å²) in [6.07, 6.45) is 2.37. The second-order valence-corrected chi connectivity index (χ2v) is 6.63. The predicted molar refractivity (Wildman–Crippen MR) is 84.6 cm³/mol. The maximum atomic E-state index is 12.6. The van der Waals surface area contributed by atoms with Crippen molar-refractivity contribution < 1.29 is 13.5 Å². The summed E-state index contributed by atoms with van der Waals surface area (Å²) in [5, 5.41) is 12.1. The van der Waals surface area contributed by atoms with E-state index in [0.29, 0.717) is 6.54 Å². The monoisotopic (exact) mass is 312 g/mol. The van der Waals surface area contributed by atoms with Crippen molar-refractivity contribution in [2.75, 3.05) is 26.7 Å². The summed E-state index contributed by atoms with van der Waals surface area (Å²) in [4.78, 5) is 0.250. The van der Waals surface area contributed by atoms with E-state index in [2.05, 4.69) is 11.9 Å². The minimum absolute atomic E-state index is 0.0608. The molecule has 0 saturated carbocycles. The maximum Gasteiger partial charge on any atom is 0.243 e. The van der Waals surface area contributed by atoms with Crippen LogP contribution < -0.4 is 5.32 Å². The van der Waals surface area contributed by atoms with E-state index in [0.717, 1.165) is 17.5 Å². The first-order chi connectivity index (χ1) is 10.0. The topological polar surface area (TPSA) is 69.6 Å². The minimum Gasteiger partial charge on any atom is -0.395 e. The quantitative estimate of drug-likeness (QED) is 0.671. The molecule has 0 amide bonds. The molecule has 0 atom stereocenters. The Morgan fingerprint density at radius 3 is 2.62 bits per heavy atom. The Morgan fingerprint density at radius 1 is 1.38 bits per heavy atom. The van der Waals surface area contributed by atoms with Crippen molar-refractivity contribution in [1.29, 1.82) is 0 Å². The molecule has 0 fully saturated rings. The van der Waals surface area contributed by atoms with Crippen molar-refractivity contribution in [1.82, 2.24) is 9.62 Å². The van der Waals surface area contributed by atoms with E-state index in [1.54, 1.807) is 12.1 Å². The number of sulfonamides is 1. The highest BCUT2D eigenvalue weighted by Gasteiger charge is 2.23. The lowest BCUT2D eigenvalue weighted by molar-refractivity contribution is 0.260. The molecule has 0 bridgehead atoms. The fourth-order valence-electron chi connectivity index (χ4n) is 2.18. The van der Waals surface area contributed by atoms with Crippen LogP contribution in [-0.2, 0) is 23.0 Å². The average Bonchev–Trinajstić information content (AvgIpc) is 2.47. The number of hydrogen-bond acceptors (Lipinski definition) is 4. The molecule has 5 nitrogen and oxygen atoms in total. The molecule has 0 aromatic heterocycles. The van der Waals surface area contributed by atoms with Crippen LogP contribution in [0.4, 0.5) is 0 Å². The van der Waals surface area contributed by atoms with Crippen molar-refractivity contribution in [3.05, 3.63) is 42.0 Å². The van der Waals surface area contributed by atoms with Gasteiger partial charge in [0.1, 0.15) is 0 Å². The third kappa shape index (κ3) is 4.38. The number of aliphatic hydroxyl groups is 1. The van der Waals surface area contributed by atoms with Gasteiger partial charge in [0.25, 0.3) is 0 Å². The van der Waals surface area contributed by atoms with Crippen LogP contribution in [0.25, 0.3) is 0 Å². The Kier molecular flexibility index (Phi) is 7.04. The second kappa shape index (κ2) is 8.29. The van der Waals surface area contributed by atoms with Gasteiger partial charge in [-0.15, -0.1) is 6.58 Å². The molecule has 0 spiro atoms. The molecular weight excluding hydrogens is 288 g/mol. The van der Waals surface area contributed by atoms with Crippen molar-refractivity contribution in [2.45, 2.75) is 24.8 Å². The summed E-state index contributed by atoms with van der Waals surface area (Å²) in [7, 11) is -1.79. The number of aryl methyl sites for hydroxylation is 1. The van der Waals surface area contributed by atoms with Crippen LogP contribution in [0, 0.1) is 0 Å². The summed E-state index contributed by atoms with van der Waals surface area (Å²) < 4.78 is 26.5. The van der Waals surface area contributed by atoms with Gasteiger partial charge >= 0.3 is 0 Å². The van der Waals surface area contributed by atoms with Crippen molar-refractivity contribution >= 4 is 10.0 Å². The summed E-state index contributed by atoms with van der Waals surface area (Å²) >= 11 is 0. The van der Waals surface area contributed by atoms with Gasteiger partial charge in [0.05, 0.1) is 11.5 Å². The first-order valence-electron chi connectivity index (χ1n) is 6.99. The summed E-state index contributed by atoms with van der Waals surface area (Å²) in [6.45, 7) is 6.25. The van der Waals surface area contributed by atoms with E-state index >= 15 is 0 Å². The van der Waals surface area contributed by atoms with Gasteiger partial charge in [-0.05, 0) is 36.7 Å². The normalized spacial score (nSPS) is 11.8. The Morgan fingerprint density at radius 2 is 2.10 bits per heavy atom. The van der Waals surface area contributed by atoms with E-state index in [9.17, 15) is 8.42 Å². The standard InChI is InChI=1S/C15H24N2O3S/c1-4-8-17(9-10-18)21(19,20)15-7-6-13(5-2)14(11-15)12-16-3/h4,6-7,11,16,18H,1,5,8-10,12H2,2-3H3. The van der Waals surface area contributed by atoms with Gasteiger partial charge in [-0.25, -0.2) is 8.42 Å². The summed E-state index contributed by atoms with van der Waals surface area (Å²) in [5.74, 6) is 0. The van der Waals surface area contributed by atoms with E-state index in [4.69, 9.17) is 5.11 Å². The van der Waals surface area contributed by atoms with Crippen molar-refractivity contribution in [2.24, 2.45) is 0 Å². The average molecular weight is 312 g/mol. The van der Waals surface area contributed by atoms with Crippen LogP contribution in [-0.4, -0.2) is 44.6 Å². The molecule has 1 aromatic rings. The summed E-state index contributed by atoms with van der Waals surface area (Å²) in [6, 6.07) is 5.18. The molecule has 0 saturated heterocycles. The van der Waals surface area contributed by atoms with Crippen molar-refractivity contribution in [3.8, 4) is 0 Å². The highest BCUT2D eigenvalue weighted by atomic mass is 32.2. The van der Waals surface area contributed by atoms with Gasteiger partial charge in [0.2, 0.25) is 10.0 Å². The predicted octanol–water partition coefficient (Wildman–Crippen LogP) is 1.14.